The molecule has 0 fully saturated rings. The Hall–Kier alpha value is -1.33. The van der Waals surface area contributed by atoms with E-state index in [1.807, 2.05) is 36.1 Å². The number of hydrogen-bond donors (Lipinski definition) is 2. The first-order valence-electron chi connectivity index (χ1n) is 5.82. The van der Waals surface area contributed by atoms with Crippen molar-refractivity contribution in [2.24, 2.45) is 7.05 Å². The monoisotopic (exact) mass is 309 g/mol. The smallest absolute Gasteiger partial charge is 0.129 e. The molecule has 0 bridgehead atoms. The van der Waals surface area contributed by atoms with Gasteiger partial charge in [0.1, 0.15) is 5.75 Å². The second kappa shape index (κ2) is 6.02. The average Bonchev–Trinajstić information content (AvgIpc) is 2.75. The Morgan fingerprint density at radius 2 is 2.22 bits per heavy atom. The SMILES string of the molecule is Cn1nccc1CCNCc1ccc(O)c(Br)c1. The van der Waals surface area contributed by atoms with E-state index >= 15 is 0 Å². The van der Waals surface area contributed by atoms with Gasteiger partial charge in [-0.1, -0.05) is 6.07 Å². The summed E-state index contributed by atoms with van der Waals surface area (Å²) >= 11 is 3.31. The predicted octanol–water partition coefficient (Wildman–Crippen LogP) is 2.22. The van der Waals surface area contributed by atoms with Gasteiger partial charge in [-0.3, -0.25) is 4.68 Å². The molecule has 0 radical (unpaired) electrons. The molecule has 0 aliphatic carbocycles. The minimum absolute atomic E-state index is 0.272. The van der Waals surface area contributed by atoms with Crippen molar-refractivity contribution in [1.29, 1.82) is 0 Å². The van der Waals surface area contributed by atoms with Crippen molar-refractivity contribution in [3.8, 4) is 5.75 Å². The molecule has 0 amide bonds. The Bertz CT molecular complexity index is 525. The van der Waals surface area contributed by atoms with Gasteiger partial charge in [-0.2, -0.15) is 5.10 Å². The van der Waals surface area contributed by atoms with Gasteiger partial charge in [0, 0.05) is 38.4 Å². The topological polar surface area (TPSA) is 50.1 Å². The lowest BCUT2D eigenvalue weighted by molar-refractivity contribution is 0.471. The molecule has 2 aromatic rings. The molecule has 0 saturated carbocycles. The number of aryl methyl sites for hydroxylation is 1. The molecular weight excluding hydrogens is 294 g/mol. The van der Waals surface area contributed by atoms with E-state index in [-0.39, 0.29) is 5.75 Å². The molecule has 0 atom stereocenters. The second-order valence-corrected chi connectivity index (χ2v) is 5.01. The summed E-state index contributed by atoms with van der Waals surface area (Å²) in [5, 5.41) is 16.9. The van der Waals surface area contributed by atoms with E-state index in [0.717, 1.165) is 29.5 Å². The van der Waals surface area contributed by atoms with Gasteiger partial charge >= 0.3 is 0 Å². The zero-order valence-corrected chi connectivity index (χ0v) is 11.8. The largest absolute Gasteiger partial charge is 0.507 e. The number of aromatic hydroxyl groups is 1. The molecule has 0 aliphatic rings. The zero-order chi connectivity index (χ0) is 13.0. The standard InChI is InChI=1S/C13H16BrN3O/c1-17-11(5-7-16-17)4-6-15-9-10-2-3-13(18)12(14)8-10/h2-3,5,7-8,15,18H,4,6,9H2,1H3. The molecule has 5 heteroatoms. The number of nitrogens with one attached hydrogen (secondary N) is 1. The highest BCUT2D eigenvalue weighted by atomic mass is 79.9. The first-order chi connectivity index (χ1) is 8.66. The molecule has 4 nitrogen and oxygen atoms in total. The third-order valence-electron chi connectivity index (χ3n) is 2.82. The molecule has 96 valence electrons. The van der Waals surface area contributed by atoms with Crippen LogP contribution in [0, 0.1) is 0 Å². The van der Waals surface area contributed by atoms with Crippen LogP contribution >= 0.6 is 15.9 Å². The van der Waals surface area contributed by atoms with Crippen molar-refractivity contribution < 1.29 is 5.11 Å². The predicted molar refractivity (Wildman–Crippen MR) is 74.4 cm³/mol. The summed E-state index contributed by atoms with van der Waals surface area (Å²) in [6.07, 6.45) is 2.77. The van der Waals surface area contributed by atoms with Crippen LogP contribution in [0.25, 0.3) is 0 Å². The molecule has 2 rings (SSSR count). The maximum atomic E-state index is 9.39. The zero-order valence-electron chi connectivity index (χ0n) is 10.2. The fourth-order valence-corrected chi connectivity index (χ4v) is 2.18. The number of phenols is 1. The Balaban J connectivity index is 1.78. The summed E-state index contributed by atoms with van der Waals surface area (Å²) in [4.78, 5) is 0. The molecule has 1 heterocycles. The van der Waals surface area contributed by atoms with E-state index in [1.165, 1.54) is 5.69 Å². The summed E-state index contributed by atoms with van der Waals surface area (Å²) in [5.41, 5.74) is 2.36. The van der Waals surface area contributed by atoms with E-state index in [4.69, 9.17) is 0 Å². The first kappa shape index (κ1) is 13.1. The summed E-state index contributed by atoms with van der Waals surface area (Å²) in [5.74, 6) is 0.272. The third-order valence-corrected chi connectivity index (χ3v) is 3.46. The first-order valence-corrected chi connectivity index (χ1v) is 6.61. The lowest BCUT2D eigenvalue weighted by atomic mass is 10.2. The Labute approximate surface area is 115 Å². The molecule has 0 unspecified atom stereocenters. The number of nitrogens with zero attached hydrogens (tertiary/aromatic N) is 2. The Morgan fingerprint density at radius 3 is 2.89 bits per heavy atom. The Morgan fingerprint density at radius 1 is 1.39 bits per heavy atom. The summed E-state index contributed by atoms with van der Waals surface area (Å²) in [6, 6.07) is 7.56. The Kier molecular flexibility index (Phi) is 4.38. The number of rotatable bonds is 5. The average molecular weight is 310 g/mol. The van der Waals surface area contributed by atoms with Gasteiger partial charge in [0.05, 0.1) is 4.47 Å². The number of aromatic nitrogens is 2. The van der Waals surface area contributed by atoms with E-state index < -0.39 is 0 Å². The van der Waals surface area contributed by atoms with Crippen LogP contribution in [0.1, 0.15) is 11.3 Å². The van der Waals surface area contributed by atoms with Crippen LogP contribution in [-0.4, -0.2) is 21.4 Å². The van der Waals surface area contributed by atoms with Crippen LogP contribution in [0.15, 0.2) is 34.9 Å². The van der Waals surface area contributed by atoms with E-state index in [2.05, 4.69) is 26.3 Å². The van der Waals surface area contributed by atoms with Gasteiger partial charge in [0.25, 0.3) is 0 Å². The summed E-state index contributed by atoms with van der Waals surface area (Å²) < 4.78 is 2.62. The number of hydrogen-bond acceptors (Lipinski definition) is 3. The normalized spacial score (nSPS) is 10.8. The summed E-state index contributed by atoms with van der Waals surface area (Å²) in [6.45, 7) is 1.69. The highest BCUT2D eigenvalue weighted by Gasteiger charge is 2.00. The molecule has 1 aromatic carbocycles. The van der Waals surface area contributed by atoms with Crippen molar-refractivity contribution in [3.05, 3.63) is 46.2 Å². The quantitative estimate of drug-likeness (QED) is 0.833. The van der Waals surface area contributed by atoms with Gasteiger partial charge < -0.3 is 10.4 Å². The molecule has 0 aliphatic heterocycles. The van der Waals surface area contributed by atoms with Gasteiger partial charge in [0.15, 0.2) is 0 Å². The number of halogens is 1. The summed E-state index contributed by atoms with van der Waals surface area (Å²) in [7, 11) is 1.95. The van der Waals surface area contributed by atoms with Crippen molar-refractivity contribution in [1.82, 2.24) is 15.1 Å². The molecule has 0 saturated heterocycles. The molecule has 2 N–H and O–H groups in total. The second-order valence-electron chi connectivity index (χ2n) is 4.16. The molecule has 18 heavy (non-hydrogen) atoms. The third kappa shape index (κ3) is 3.34. The van der Waals surface area contributed by atoms with Gasteiger partial charge in [-0.15, -0.1) is 0 Å². The lowest BCUT2D eigenvalue weighted by Crippen LogP contribution is -2.17. The number of benzene rings is 1. The number of phenolic OH excluding ortho intramolecular Hbond substituents is 1. The highest BCUT2D eigenvalue weighted by Crippen LogP contribution is 2.24. The van der Waals surface area contributed by atoms with Gasteiger partial charge in [-0.25, -0.2) is 0 Å². The molecular formula is C13H16BrN3O. The van der Waals surface area contributed by atoms with Crippen LogP contribution in [0.4, 0.5) is 0 Å². The van der Waals surface area contributed by atoms with Gasteiger partial charge in [-0.05, 0) is 39.7 Å². The highest BCUT2D eigenvalue weighted by molar-refractivity contribution is 9.10. The van der Waals surface area contributed by atoms with Crippen molar-refractivity contribution in [2.45, 2.75) is 13.0 Å². The minimum Gasteiger partial charge on any atom is -0.507 e. The van der Waals surface area contributed by atoms with Crippen molar-refractivity contribution >= 4 is 15.9 Å². The molecule has 1 aromatic heterocycles. The van der Waals surface area contributed by atoms with Crippen LogP contribution in [0.2, 0.25) is 0 Å². The lowest BCUT2D eigenvalue weighted by Gasteiger charge is -2.06. The fourth-order valence-electron chi connectivity index (χ4n) is 1.76. The van der Waals surface area contributed by atoms with Crippen LogP contribution in [0.3, 0.4) is 0 Å². The van der Waals surface area contributed by atoms with Crippen LogP contribution in [0.5, 0.6) is 5.75 Å². The maximum Gasteiger partial charge on any atom is 0.129 e. The molecule has 0 spiro atoms. The van der Waals surface area contributed by atoms with Crippen LogP contribution < -0.4 is 5.32 Å². The maximum absolute atomic E-state index is 9.39. The van der Waals surface area contributed by atoms with Crippen LogP contribution in [-0.2, 0) is 20.0 Å². The van der Waals surface area contributed by atoms with Gasteiger partial charge in [0.2, 0.25) is 0 Å². The van der Waals surface area contributed by atoms with E-state index in [9.17, 15) is 5.11 Å². The van der Waals surface area contributed by atoms with E-state index in [1.54, 1.807) is 6.07 Å². The minimum atomic E-state index is 0.272. The van der Waals surface area contributed by atoms with Crippen molar-refractivity contribution in [3.63, 3.8) is 0 Å². The fraction of sp³-hybridized carbons (Fsp3) is 0.308. The van der Waals surface area contributed by atoms with Crippen molar-refractivity contribution in [2.75, 3.05) is 6.54 Å². The van der Waals surface area contributed by atoms with E-state index in [0.29, 0.717) is 0 Å².